The number of aromatic nitrogens is 1. The molecule has 1 aliphatic carbocycles. The molecule has 7 heteroatoms. The number of hydrogen-bond acceptors (Lipinski definition) is 5. The molecule has 3 aliphatic rings. The number of pyridine rings is 1. The number of piperidine rings is 1. The Hall–Kier alpha value is -2.93. The Morgan fingerprint density at radius 1 is 1.00 bits per heavy atom. The first-order chi connectivity index (χ1) is 15.9. The van der Waals surface area contributed by atoms with Crippen molar-refractivity contribution in [3.8, 4) is 11.1 Å². The number of aliphatic hydroxyl groups is 1. The molecular weight excluding hydrogens is 416 g/mol. The summed E-state index contributed by atoms with van der Waals surface area (Å²) in [5.74, 6) is 0.772. The second kappa shape index (κ2) is 8.78. The van der Waals surface area contributed by atoms with Crippen LogP contribution in [0.1, 0.15) is 55.3 Å². The summed E-state index contributed by atoms with van der Waals surface area (Å²) in [5.41, 5.74) is 7.46. The number of benzene rings is 1. The number of hydrogen-bond donors (Lipinski definition) is 2. The van der Waals surface area contributed by atoms with E-state index in [4.69, 9.17) is 10.7 Å². The SMILES string of the molecule is NC(=O)c1ccc(-c2ccc(N3CCC[C@]4(CCN(C5CCC(O)CC5)C4=O)C3)nc2)cc1. The van der Waals surface area contributed by atoms with E-state index in [1.807, 2.05) is 30.5 Å². The fourth-order valence-corrected chi connectivity index (χ4v) is 5.84. The average molecular weight is 449 g/mol. The van der Waals surface area contributed by atoms with Crippen molar-refractivity contribution in [3.05, 3.63) is 48.2 Å². The quantitative estimate of drug-likeness (QED) is 0.749. The van der Waals surface area contributed by atoms with Gasteiger partial charge in [-0.1, -0.05) is 12.1 Å². The van der Waals surface area contributed by atoms with Crippen LogP contribution < -0.4 is 10.6 Å². The number of likely N-dealkylation sites (tertiary alicyclic amines) is 1. The van der Waals surface area contributed by atoms with Gasteiger partial charge < -0.3 is 20.6 Å². The number of rotatable bonds is 4. The van der Waals surface area contributed by atoms with Crippen LogP contribution in [-0.2, 0) is 4.79 Å². The maximum atomic E-state index is 13.5. The number of carbonyl (C=O) groups excluding carboxylic acids is 2. The molecule has 2 aliphatic heterocycles. The molecule has 0 bridgehead atoms. The zero-order valence-corrected chi connectivity index (χ0v) is 18.9. The highest BCUT2D eigenvalue weighted by Crippen LogP contribution is 2.43. The van der Waals surface area contributed by atoms with Gasteiger partial charge in [-0.3, -0.25) is 9.59 Å². The summed E-state index contributed by atoms with van der Waals surface area (Å²) in [6.07, 6.45) is 7.92. The summed E-state index contributed by atoms with van der Waals surface area (Å²) in [6, 6.07) is 11.6. The standard InChI is InChI=1S/C26H32N4O3/c27-24(32)19-4-2-18(3-5-19)20-6-11-23(28-16-20)29-14-1-12-26(17-29)13-15-30(25(26)33)21-7-9-22(31)10-8-21/h2-6,11,16,21-22,31H,1,7-10,12-15,17H2,(H2,27,32)/t21?,22?,26-/m0/s1. The largest absolute Gasteiger partial charge is 0.393 e. The van der Waals surface area contributed by atoms with Crippen LogP contribution in [0.2, 0.25) is 0 Å². The first kappa shape index (κ1) is 21.9. The molecule has 3 N–H and O–H groups in total. The number of primary amides is 1. The molecular formula is C26H32N4O3. The van der Waals surface area contributed by atoms with Crippen LogP contribution >= 0.6 is 0 Å². The van der Waals surface area contributed by atoms with E-state index in [2.05, 4.69) is 9.80 Å². The van der Waals surface area contributed by atoms with Gasteiger partial charge in [0, 0.05) is 43.0 Å². The van der Waals surface area contributed by atoms with Gasteiger partial charge in [0.2, 0.25) is 11.8 Å². The van der Waals surface area contributed by atoms with Crippen LogP contribution in [0.5, 0.6) is 0 Å². The van der Waals surface area contributed by atoms with Crippen LogP contribution in [0.4, 0.5) is 5.82 Å². The van der Waals surface area contributed by atoms with Crippen molar-refractivity contribution in [2.75, 3.05) is 24.5 Å². The van der Waals surface area contributed by atoms with Crippen molar-refractivity contribution in [1.29, 1.82) is 0 Å². The van der Waals surface area contributed by atoms with Gasteiger partial charge in [-0.25, -0.2) is 4.98 Å². The molecule has 1 aromatic carbocycles. The molecule has 2 aromatic rings. The van der Waals surface area contributed by atoms with E-state index in [9.17, 15) is 14.7 Å². The maximum Gasteiger partial charge on any atom is 0.248 e. The number of amides is 2. The highest BCUT2D eigenvalue weighted by atomic mass is 16.3. The molecule has 1 saturated carbocycles. The Balaban J connectivity index is 1.28. The molecule has 3 fully saturated rings. The van der Waals surface area contributed by atoms with E-state index in [1.54, 1.807) is 12.1 Å². The zero-order valence-electron chi connectivity index (χ0n) is 18.9. The third kappa shape index (κ3) is 4.22. The second-order valence-corrected chi connectivity index (χ2v) is 9.86. The molecule has 2 amide bonds. The molecule has 2 saturated heterocycles. The summed E-state index contributed by atoms with van der Waals surface area (Å²) < 4.78 is 0. The van der Waals surface area contributed by atoms with Gasteiger partial charge in [0.1, 0.15) is 5.82 Å². The molecule has 5 rings (SSSR count). The number of nitrogens with two attached hydrogens (primary N) is 1. The third-order valence-electron chi connectivity index (χ3n) is 7.80. The highest BCUT2D eigenvalue weighted by molar-refractivity contribution is 5.93. The predicted molar refractivity (Wildman–Crippen MR) is 127 cm³/mol. The summed E-state index contributed by atoms with van der Waals surface area (Å²) in [7, 11) is 0. The van der Waals surface area contributed by atoms with Crippen LogP contribution in [-0.4, -0.2) is 58.6 Å². The minimum absolute atomic E-state index is 0.201. The van der Waals surface area contributed by atoms with E-state index in [-0.39, 0.29) is 17.6 Å². The lowest BCUT2D eigenvalue weighted by Gasteiger charge is -2.41. The minimum atomic E-state index is -0.435. The molecule has 174 valence electrons. The number of anilines is 1. The third-order valence-corrected chi connectivity index (χ3v) is 7.80. The summed E-state index contributed by atoms with van der Waals surface area (Å²) in [4.78, 5) is 33.9. The van der Waals surface area contributed by atoms with E-state index in [1.165, 1.54) is 0 Å². The van der Waals surface area contributed by atoms with Crippen LogP contribution in [0, 0.1) is 5.41 Å². The number of carbonyl (C=O) groups is 2. The van der Waals surface area contributed by atoms with E-state index >= 15 is 0 Å². The lowest BCUT2D eigenvalue weighted by atomic mass is 9.78. The smallest absolute Gasteiger partial charge is 0.248 e. The second-order valence-electron chi connectivity index (χ2n) is 9.86. The summed E-state index contributed by atoms with van der Waals surface area (Å²) in [5, 5.41) is 9.83. The lowest BCUT2D eigenvalue weighted by Crippen LogP contribution is -2.50. The first-order valence-electron chi connectivity index (χ1n) is 12.1. The van der Waals surface area contributed by atoms with Gasteiger partial charge in [0.15, 0.2) is 0 Å². The molecule has 1 aromatic heterocycles. The van der Waals surface area contributed by atoms with Crippen LogP contribution in [0.3, 0.4) is 0 Å². The van der Waals surface area contributed by atoms with Crippen molar-refractivity contribution in [2.24, 2.45) is 11.1 Å². The lowest BCUT2D eigenvalue weighted by molar-refractivity contribution is -0.139. The molecule has 1 spiro atoms. The Morgan fingerprint density at radius 3 is 2.39 bits per heavy atom. The van der Waals surface area contributed by atoms with Gasteiger partial charge in [0.25, 0.3) is 0 Å². The number of aliphatic hydroxyl groups excluding tert-OH is 1. The fraction of sp³-hybridized carbons (Fsp3) is 0.500. The van der Waals surface area contributed by atoms with Crippen molar-refractivity contribution >= 4 is 17.6 Å². The minimum Gasteiger partial charge on any atom is -0.393 e. The molecule has 7 nitrogen and oxygen atoms in total. The van der Waals surface area contributed by atoms with Crippen molar-refractivity contribution in [3.63, 3.8) is 0 Å². The Morgan fingerprint density at radius 2 is 1.73 bits per heavy atom. The van der Waals surface area contributed by atoms with Gasteiger partial charge in [-0.15, -0.1) is 0 Å². The topological polar surface area (TPSA) is 99.8 Å². The van der Waals surface area contributed by atoms with Gasteiger partial charge in [-0.05, 0) is 74.8 Å². The van der Waals surface area contributed by atoms with Gasteiger partial charge in [-0.2, -0.15) is 0 Å². The van der Waals surface area contributed by atoms with E-state index in [0.717, 1.165) is 81.5 Å². The predicted octanol–water partition coefficient (Wildman–Crippen LogP) is 2.97. The molecule has 0 unspecified atom stereocenters. The van der Waals surface area contributed by atoms with Crippen LogP contribution in [0.25, 0.3) is 11.1 Å². The van der Waals surface area contributed by atoms with E-state index < -0.39 is 5.91 Å². The molecule has 33 heavy (non-hydrogen) atoms. The van der Waals surface area contributed by atoms with Crippen LogP contribution in [0.15, 0.2) is 42.6 Å². The Labute approximate surface area is 194 Å². The fourth-order valence-electron chi connectivity index (χ4n) is 5.84. The summed E-state index contributed by atoms with van der Waals surface area (Å²) in [6.45, 7) is 2.46. The van der Waals surface area contributed by atoms with Crippen molar-refractivity contribution in [1.82, 2.24) is 9.88 Å². The Bertz CT molecular complexity index is 1010. The molecule has 3 heterocycles. The molecule has 0 radical (unpaired) electrons. The first-order valence-corrected chi connectivity index (χ1v) is 12.1. The molecule has 1 atom stereocenters. The zero-order chi connectivity index (χ0) is 23.0. The summed E-state index contributed by atoms with van der Waals surface area (Å²) >= 11 is 0. The Kier molecular flexibility index (Phi) is 5.83. The highest BCUT2D eigenvalue weighted by Gasteiger charge is 2.50. The van der Waals surface area contributed by atoms with Gasteiger partial charge in [0.05, 0.1) is 11.5 Å². The van der Waals surface area contributed by atoms with Gasteiger partial charge >= 0.3 is 0 Å². The van der Waals surface area contributed by atoms with E-state index in [0.29, 0.717) is 11.5 Å². The van der Waals surface area contributed by atoms with Crippen molar-refractivity contribution < 1.29 is 14.7 Å². The number of nitrogens with zero attached hydrogens (tertiary/aromatic N) is 3. The normalized spacial score (nSPS) is 27.8. The maximum absolute atomic E-state index is 13.5. The van der Waals surface area contributed by atoms with Crippen molar-refractivity contribution in [2.45, 2.75) is 57.1 Å². The average Bonchev–Trinajstić information content (AvgIpc) is 3.15. The monoisotopic (exact) mass is 448 g/mol.